The van der Waals surface area contributed by atoms with E-state index in [-0.39, 0.29) is 5.75 Å². The van der Waals surface area contributed by atoms with E-state index in [4.69, 9.17) is 14.5 Å². The van der Waals surface area contributed by atoms with E-state index in [2.05, 4.69) is 17.0 Å². The second-order valence-corrected chi connectivity index (χ2v) is 13.0. The Morgan fingerprint density at radius 3 is 2.70 bits per heavy atom. The molecule has 6 rings (SSSR count). The minimum absolute atomic E-state index is 0.275. The van der Waals surface area contributed by atoms with Crippen LogP contribution in [0, 0.1) is 19.7 Å². The first-order valence-corrected chi connectivity index (χ1v) is 15.7. The molecular weight excluding hydrogens is 585 g/mol. The number of aliphatic carboxylic acids is 1. The van der Waals surface area contributed by atoms with Gasteiger partial charge in [0, 0.05) is 64.9 Å². The average Bonchev–Trinajstić information content (AvgIpc) is 3.61. The highest BCUT2D eigenvalue weighted by atomic mass is 19.1. The minimum Gasteiger partial charge on any atom is -0.490 e. The molecule has 5 heterocycles. The smallest absolute Gasteiger partial charge is 0.337 e. The Hall–Kier alpha value is -4.57. The first kappa shape index (κ1) is 31.4. The summed E-state index contributed by atoms with van der Waals surface area (Å²) < 4.78 is 31.6. The summed E-state index contributed by atoms with van der Waals surface area (Å²) in [5.41, 5.74) is 7.10. The fourth-order valence-electron chi connectivity index (χ4n) is 6.44. The summed E-state index contributed by atoms with van der Waals surface area (Å²) in [5.74, 6) is -1.33. The van der Waals surface area contributed by atoms with Gasteiger partial charge < -0.3 is 19.1 Å². The number of aromatic nitrogens is 5. The van der Waals surface area contributed by atoms with E-state index in [1.165, 1.54) is 6.07 Å². The molecule has 46 heavy (non-hydrogen) atoms. The largest absolute Gasteiger partial charge is 0.490 e. The molecule has 0 radical (unpaired) electrons. The molecule has 240 valence electrons. The molecule has 5 aromatic rings. The molecule has 0 spiro atoms. The Morgan fingerprint density at radius 1 is 1.20 bits per heavy atom. The molecule has 0 saturated carbocycles. The van der Waals surface area contributed by atoms with Gasteiger partial charge in [-0.1, -0.05) is 6.92 Å². The molecule has 1 N–H and O–H groups in total. The number of carboxylic acids is 1. The topological polar surface area (TPSA) is 104 Å². The highest BCUT2D eigenvalue weighted by molar-refractivity contribution is 6.01. The molecule has 4 aromatic heterocycles. The molecule has 0 fully saturated rings. The van der Waals surface area contributed by atoms with Gasteiger partial charge in [0.05, 0.1) is 29.8 Å². The number of fused-ring (bicyclic) bond motifs is 2. The lowest BCUT2D eigenvalue weighted by atomic mass is 9.86. The summed E-state index contributed by atoms with van der Waals surface area (Å²) in [6.45, 7) is 12.6. The van der Waals surface area contributed by atoms with E-state index in [0.29, 0.717) is 46.4 Å². The van der Waals surface area contributed by atoms with Crippen LogP contribution in [0.3, 0.4) is 0 Å². The summed E-state index contributed by atoms with van der Waals surface area (Å²) in [6, 6.07) is 7.42. The van der Waals surface area contributed by atoms with Gasteiger partial charge in [-0.15, -0.1) is 0 Å². The monoisotopic (exact) mass is 625 g/mol. The van der Waals surface area contributed by atoms with Crippen molar-refractivity contribution in [1.82, 2.24) is 24.3 Å². The van der Waals surface area contributed by atoms with Gasteiger partial charge in [0.15, 0.2) is 17.7 Å². The SMILES string of the molecule is CCCn1cc(-c2cc(-c3cc4c(-c5cc(F)c6c(c5C)CCCO6)c(C(OC(C)(C)C)C(=O)O)c(C)nc4n3C)ccn2)cn1. The molecular formula is C36H40FN5O4. The zero-order valence-corrected chi connectivity index (χ0v) is 27.4. The normalized spacial score (nSPS) is 13.9. The van der Waals surface area contributed by atoms with Crippen molar-refractivity contribution >= 4 is 17.0 Å². The maximum Gasteiger partial charge on any atom is 0.337 e. The molecule has 9 nitrogen and oxygen atoms in total. The third-order valence-corrected chi connectivity index (χ3v) is 8.50. The molecule has 0 bridgehead atoms. The van der Waals surface area contributed by atoms with E-state index in [1.807, 2.05) is 74.6 Å². The molecule has 1 aromatic carbocycles. The Balaban J connectivity index is 1.63. The molecule has 0 aliphatic carbocycles. The van der Waals surface area contributed by atoms with Crippen molar-refractivity contribution in [2.45, 2.75) is 79.1 Å². The predicted molar refractivity (Wildman–Crippen MR) is 175 cm³/mol. The van der Waals surface area contributed by atoms with Crippen molar-refractivity contribution in [2.24, 2.45) is 7.05 Å². The number of carbonyl (C=O) groups is 1. The van der Waals surface area contributed by atoms with Crippen LogP contribution >= 0.6 is 0 Å². The van der Waals surface area contributed by atoms with Crippen LogP contribution in [0.2, 0.25) is 0 Å². The van der Waals surface area contributed by atoms with Crippen LogP contribution in [0.25, 0.3) is 44.7 Å². The number of ether oxygens (including phenoxy) is 2. The zero-order chi connectivity index (χ0) is 32.9. The van der Waals surface area contributed by atoms with Crippen LogP contribution in [0.4, 0.5) is 4.39 Å². The summed E-state index contributed by atoms with van der Waals surface area (Å²) >= 11 is 0. The average molecular weight is 626 g/mol. The number of benzene rings is 1. The number of carboxylic acid groups (broad SMARTS) is 1. The molecule has 0 saturated heterocycles. The van der Waals surface area contributed by atoms with Crippen LogP contribution in [0.5, 0.6) is 5.75 Å². The lowest BCUT2D eigenvalue weighted by molar-refractivity contribution is -0.160. The number of rotatable bonds is 8. The van der Waals surface area contributed by atoms with Gasteiger partial charge in [-0.25, -0.2) is 14.2 Å². The number of halogens is 1. The van der Waals surface area contributed by atoms with Crippen molar-refractivity contribution in [2.75, 3.05) is 6.61 Å². The number of hydrogen-bond donors (Lipinski definition) is 1. The highest BCUT2D eigenvalue weighted by Crippen LogP contribution is 2.45. The van der Waals surface area contributed by atoms with Crippen LogP contribution in [0.15, 0.2) is 42.9 Å². The van der Waals surface area contributed by atoms with Gasteiger partial charge in [-0.3, -0.25) is 9.67 Å². The third kappa shape index (κ3) is 5.66. The molecule has 1 atom stereocenters. The zero-order valence-electron chi connectivity index (χ0n) is 27.4. The van der Waals surface area contributed by atoms with Gasteiger partial charge in [0.1, 0.15) is 5.65 Å². The third-order valence-electron chi connectivity index (χ3n) is 8.50. The molecule has 1 aliphatic rings. The number of aryl methyl sites for hydroxylation is 3. The Bertz CT molecular complexity index is 1970. The van der Waals surface area contributed by atoms with Gasteiger partial charge in [0.2, 0.25) is 0 Å². The van der Waals surface area contributed by atoms with E-state index in [1.54, 1.807) is 13.1 Å². The van der Waals surface area contributed by atoms with Crippen molar-refractivity contribution in [3.63, 3.8) is 0 Å². The second kappa shape index (κ2) is 12.0. The number of pyridine rings is 2. The number of hydrogen-bond acceptors (Lipinski definition) is 6. The van der Waals surface area contributed by atoms with E-state index >= 15 is 4.39 Å². The molecule has 1 aliphatic heterocycles. The highest BCUT2D eigenvalue weighted by Gasteiger charge is 2.34. The van der Waals surface area contributed by atoms with Crippen molar-refractivity contribution in [3.05, 3.63) is 71.1 Å². The minimum atomic E-state index is -1.34. The van der Waals surface area contributed by atoms with Crippen LogP contribution in [-0.2, 0) is 29.5 Å². The first-order chi connectivity index (χ1) is 21.9. The summed E-state index contributed by atoms with van der Waals surface area (Å²) in [6.07, 6.45) is 6.66. The first-order valence-electron chi connectivity index (χ1n) is 15.7. The fourth-order valence-corrected chi connectivity index (χ4v) is 6.44. The molecule has 1 unspecified atom stereocenters. The number of nitrogens with zero attached hydrogens (tertiary/aromatic N) is 5. The maximum atomic E-state index is 15.8. The second-order valence-electron chi connectivity index (χ2n) is 13.0. The van der Waals surface area contributed by atoms with E-state index in [9.17, 15) is 9.90 Å². The molecule has 10 heteroatoms. The predicted octanol–water partition coefficient (Wildman–Crippen LogP) is 7.60. The molecule has 0 amide bonds. The van der Waals surface area contributed by atoms with Gasteiger partial charge in [-0.05, 0) is 89.3 Å². The Morgan fingerprint density at radius 2 is 1.98 bits per heavy atom. The maximum absolute atomic E-state index is 15.8. The fraction of sp³-hybridized carbons (Fsp3) is 0.389. The van der Waals surface area contributed by atoms with Gasteiger partial charge in [-0.2, -0.15) is 5.10 Å². The van der Waals surface area contributed by atoms with E-state index < -0.39 is 23.5 Å². The van der Waals surface area contributed by atoms with Crippen molar-refractivity contribution in [3.8, 4) is 39.4 Å². The van der Waals surface area contributed by atoms with Crippen LogP contribution in [-0.4, -0.2) is 47.6 Å². The Kier molecular flexibility index (Phi) is 8.18. The lowest BCUT2D eigenvalue weighted by Gasteiger charge is -2.29. The van der Waals surface area contributed by atoms with Gasteiger partial charge >= 0.3 is 5.97 Å². The van der Waals surface area contributed by atoms with Crippen LogP contribution < -0.4 is 4.74 Å². The van der Waals surface area contributed by atoms with Crippen LogP contribution in [0.1, 0.15) is 69.0 Å². The van der Waals surface area contributed by atoms with Gasteiger partial charge in [0.25, 0.3) is 0 Å². The quantitative estimate of drug-likeness (QED) is 0.189. The standard InChI is InChI=1S/C36H40FN5O4/c1-8-13-42-19-23(18-39-42)28-15-22(11-12-38-28)29-17-26-31(25-16-27(37)32-24(20(25)2)10-9-14-45-32)30(21(3)40-34(26)41(29)7)33(35(43)44)46-36(4,5)6/h11-12,15-19,33H,8-10,13-14H2,1-7H3,(H,43,44). The summed E-state index contributed by atoms with van der Waals surface area (Å²) in [5, 5.41) is 15.7. The lowest BCUT2D eigenvalue weighted by Crippen LogP contribution is -2.28. The van der Waals surface area contributed by atoms with E-state index in [0.717, 1.165) is 53.0 Å². The summed E-state index contributed by atoms with van der Waals surface area (Å²) in [4.78, 5) is 22.4. The van der Waals surface area contributed by atoms with Crippen molar-refractivity contribution in [1.29, 1.82) is 0 Å². The Labute approximate surface area is 268 Å². The van der Waals surface area contributed by atoms with Crippen molar-refractivity contribution < 1.29 is 23.8 Å². The summed E-state index contributed by atoms with van der Waals surface area (Å²) in [7, 11) is 1.93.